The lowest BCUT2D eigenvalue weighted by atomic mass is 9.91. The third kappa shape index (κ3) is 4.35. The first-order valence-corrected chi connectivity index (χ1v) is 6.99. The molecule has 112 valence electrons. The predicted molar refractivity (Wildman–Crippen MR) is 81.2 cm³/mol. The van der Waals surface area contributed by atoms with Gasteiger partial charge in [-0.25, -0.2) is 11.4 Å². The summed E-state index contributed by atoms with van der Waals surface area (Å²) < 4.78 is 10.5. The van der Waals surface area contributed by atoms with Crippen molar-refractivity contribution in [3.8, 4) is 0 Å². The molecular formula is C17H21NO3. The number of carbonyl (C=O) groups is 1. The largest absolute Gasteiger partial charge is 0.496 e. The van der Waals surface area contributed by atoms with Crippen LogP contribution in [0.25, 0.3) is 4.85 Å². The van der Waals surface area contributed by atoms with Gasteiger partial charge in [0.25, 0.3) is 0 Å². The monoisotopic (exact) mass is 287 g/mol. The number of esters is 1. The molecule has 0 saturated carbocycles. The van der Waals surface area contributed by atoms with E-state index in [9.17, 15) is 4.79 Å². The molecule has 0 saturated heterocycles. The van der Waals surface area contributed by atoms with Crippen LogP contribution in [-0.2, 0) is 20.9 Å². The van der Waals surface area contributed by atoms with Crippen LogP contribution < -0.4 is 0 Å². The Kier molecular flexibility index (Phi) is 6.48. The van der Waals surface area contributed by atoms with Crippen molar-refractivity contribution in [2.24, 2.45) is 0 Å². The topological polar surface area (TPSA) is 39.9 Å². The Morgan fingerprint density at radius 3 is 2.52 bits per heavy atom. The van der Waals surface area contributed by atoms with E-state index in [-0.39, 0.29) is 6.61 Å². The van der Waals surface area contributed by atoms with E-state index in [0.717, 1.165) is 5.56 Å². The van der Waals surface area contributed by atoms with Gasteiger partial charge in [0.2, 0.25) is 0 Å². The summed E-state index contributed by atoms with van der Waals surface area (Å²) >= 11 is 0. The summed E-state index contributed by atoms with van der Waals surface area (Å²) in [7, 11) is 0. The van der Waals surface area contributed by atoms with Crippen LogP contribution in [0.3, 0.4) is 0 Å². The lowest BCUT2D eigenvalue weighted by molar-refractivity contribution is -0.146. The zero-order chi connectivity index (χ0) is 15.7. The van der Waals surface area contributed by atoms with Gasteiger partial charge in [0.05, 0.1) is 18.4 Å². The van der Waals surface area contributed by atoms with Crippen molar-refractivity contribution >= 4 is 5.97 Å². The molecule has 0 spiro atoms. The van der Waals surface area contributed by atoms with Crippen LogP contribution in [0.4, 0.5) is 0 Å². The average Bonchev–Trinajstić information content (AvgIpc) is 2.52. The summed E-state index contributed by atoms with van der Waals surface area (Å²) in [6, 6.07) is 9.72. The van der Waals surface area contributed by atoms with Crippen molar-refractivity contribution in [2.75, 3.05) is 6.61 Å². The van der Waals surface area contributed by atoms with E-state index in [0.29, 0.717) is 18.6 Å². The fraction of sp³-hybridized carbons (Fsp3) is 0.412. The number of benzene rings is 1. The van der Waals surface area contributed by atoms with E-state index in [1.54, 1.807) is 13.8 Å². The fourth-order valence-corrected chi connectivity index (χ4v) is 1.88. The number of ether oxygens (including phenoxy) is 2. The van der Waals surface area contributed by atoms with Crippen molar-refractivity contribution in [3.63, 3.8) is 0 Å². The van der Waals surface area contributed by atoms with Crippen LogP contribution in [-0.4, -0.2) is 18.1 Å². The van der Waals surface area contributed by atoms with Crippen molar-refractivity contribution in [3.05, 3.63) is 59.1 Å². The molecule has 1 aromatic rings. The number of carbonyl (C=O) groups excluding carboxylic acids is 1. The summed E-state index contributed by atoms with van der Waals surface area (Å²) in [5, 5.41) is 0. The molecule has 0 aliphatic heterocycles. The van der Waals surface area contributed by atoms with Crippen molar-refractivity contribution in [1.82, 2.24) is 0 Å². The Hall–Kier alpha value is -2.28. The molecule has 0 fully saturated rings. The van der Waals surface area contributed by atoms with Crippen LogP contribution in [0.1, 0.15) is 32.8 Å². The smallest absolute Gasteiger partial charge is 0.397 e. The summed E-state index contributed by atoms with van der Waals surface area (Å²) in [5.41, 5.74) is 0.332. The quantitative estimate of drug-likeness (QED) is 0.436. The molecule has 21 heavy (non-hydrogen) atoms. The molecule has 0 amide bonds. The van der Waals surface area contributed by atoms with Gasteiger partial charge in [-0.2, -0.15) is 0 Å². The second-order valence-corrected chi connectivity index (χ2v) is 4.70. The van der Waals surface area contributed by atoms with Gasteiger partial charge in [-0.1, -0.05) is 37.3 Å². The third-order valence-electron chi connectivity index (χ3n) is 3.22. The van der Waals surface area contributed by atoms with Crippen LogP contribution >= 0.6 is 0 Å². The molecule has 1 unspecified atom stereocenters. The molecular weight excluding hydrogens is 266 g/mol. The zero-order valence-corrected chi connectivity index (χ0v) is 12.8. The van der Waals surface area contributed by atoms with E-state index in [2.05, 4.69) is 4.85 Å². The minimum absolute atomic E-state index is 0.256. The maximum absolute atomic E-state index is 12.0. The molecule has 0 aliphatic rings. The summed E-state index contributed by atoms with van der Waals surface area (Å²) in [6.45, 7) is 13.2. The average molecular weight is 287 g/mol. The second-order valence-electron chi connectivity index (χ2n) is 4.70. The lowest BCUT2D eigenvalue weighted by Gasteiger charge is -2.17. The highest BCUT2D eigenvalue weighted by molar-refractivity contribution is 5.86. The summed E-state index contributed by atoms with van der Waals surface area (Å²) in [5.74, 6) is -0.531. The first-order chi connectivity index (χ1) is 10.1. The Bertz CT molecular complexity index is 531. The fourth-order valence-electron chi connectivity index (χ4n) is 1.88. The Morgan fingerprint density at radius 1 is 1.33 bits per heavy atom. The highest BCUT2D eigenvalue weighted by atomic mass is 16.5. The molecule has 0 bridgehead atoms. The van der Waals surface area contributed by atoms with E-state index in [4.69, 9.17) is 16.0 Å². The number of rotatable bonds is 7. The van der Waals surface area contributed by atoms with Gasteiger partial charge in [-0.05, 0) is 18.9 Å². The number of nitrogens with zero attached hydrogens (tertiary/aromatic N) is 1. The van der Waals surface area contributed by atoms with E-state index >= 15 is 0 Å². The van der Waals surface area contributed by atoms with Gasteiger partial charge < -0.3 is 9.47 Å². The molecule has 1 atom stereocenters. The molecule has 0 heterocycles. The van der Waals surface area contributed by atoms with Crippen molar-refractivity contribution in [2.45, 2.75) is 39.3 Å². The maximum Gasteiger partial charge on any atom is 0.397 e. The van der Waals surface area contributed by atoms with Gasteiger partial charge in [0, 0.05) is 6.92 Å². The van der Waals surface area contributed by atoms with Crippen LogP contribution in [0, 0.1) is 6.57 Å². The highest BCUT2D eigenvalue weighted by Gasteiger charge is 2.45. The van der Waals surface area contributed by atoms with E-state index in [1.807, 2.05) is 37.3 Å². The molecule has 0 radical (unpaired) electrons. The minimum atomic E-state index is -1.32. The molecule has 0 N–H and O–H groups in total. The second kappa shape index (κ2) is 8.11. The first-order valence-electron chi connectivity index (χ1n) is 6.99. The van der Waals surface area contributed by atoms with Gasteiger partial charge in [0.1, 0.15) is 6.61 Å². The Labute approximate surface area is 126 Å². The Balaban J connectivity index is 2.82. The summed E-state index contributed by atoms with van der Waals surface area (Å²) in [6.07, 6.45) is 2.06. The zero-order valence-electron chi connectivity index (χ0n) is 12.8. The third-order valence-corrected chi connectivity index (χ3v) is 3.22. The van der Waals surface area contributed by atoms with Crippen molar-refractivity contribution in [1.29, 1.82) is 0 Å². The molecule has 0 aliphatic carbocycles. The van der Waals surface area contributed by atoms with Crippen LogP contribution in [0.5, 0.6) is 0 Å². The number of hydrogen-bond donors (Lipinski definition) is 0. The van der Waals surface area contributed by atoms with Crippen LogP contribution in [0.2, 0.25) is 0 Å². The van der Waals surface area contributed by atoms with Gasteiger partial charge >= 0.3 is 11.5 Å². The van der Waals surface area contributed by atoms with Crippen LogP contribution in [0.15, 0.2) is 42.2 Å². The van der Waals surface area contributed by atoms with Gasteiger partial charge in [0.15, 0.2) is 0 Å². The Morgan fingerprint density at radius 2 is 2.00 bits per heavy atom. The standard InChI is InChI=1S/C17H21NO3/c1-5-15(17(3,18-4)16(19)21-6-2)13-20-12-14-10-8-7-9-11-14/h7-11,13H,5-6,12H2,1-3H3/b15-13+. The van der Waals surface area contributed by atoms with E-state index < -0.39 is 11.5 Å². The molecule has 0 aromatic heterocycles. The minimum Gasteiger partial charge on any atom is -0.496 e. The molecule has 1 aromatic carbocycles. The molecule has 4 nitrogen and oxygen atoms in total. The lowest BCUT2D eigenvalue weighted by Crippen LogP contribution is -2.35. The maximum atomic E-state index is 12.0. The predicted octanol–water partition coefficient (Wildman–Crippen LogP) is 3.74. The molecule has 1 rings (SSSR count). The SMILES string of the molecule is [C-]#[N+]C(C)(C(=O)OCC)/C(=C/OCc1ccccc1)CC. The number of hydrogen-bond acceptors (Lipinski definition) is 3. The molecule has 4 heteroatoms. The summed E-state index contributed by atoms with van der Waals surface area (Å²) in [4.78, 5) is 15.5. The van der Waals surface area contributed by atoms with Gasteiger partial charge in [-0.15, -0.1) is 0 Å². The first kappa shape index (κ1) is 16.8. The van der Waals surface area contributed by atoms with E-state index in [1.165, 1.54) is 6.26 Å². The van der Waals surface area contributed by atoms with Crippen molar-refractivity contribution < 1.29 is 14.3 Å². The van der Waals surface area contributed by atoms with Gasteiger partial charge in [-0.3, -0.25) is 4.85 Å². The normalized spacial score (nSPS) is 13.9. The highest BCUT2D eigenvalue weighted by Crippen LogP contribution is 2.26.